The quantitative estimate of drug-likeness (QED) is 0.808. The van der Waals surface area contributed by atoms with E-state index in [-0.39, 0.29) is 11.7 Å². The van der Waals surface area contributed by atoms with E-state index in [0.29, 0.717) is 6.54 Å². The molecule has 0 bridgehead atoms. The van der Waals surface area contributed by atoms with E-state index >= 15 is 0 Å². The third-order valence-corrected chi connectivity index (χ3v) is 6.73. The molecule has 1 amide bonds. The summed E-state index contributed by atoms with van der Waals surface area (Å²) in [5, 5.41) is 1.70. The van der Waals surface area contributed by atoms with Crippen LogP contribution in [0.4, 0.5) is 0 Å². The second kappa shape index (κ2) is 8.49. The van der Waals surface area contributed by atoms with E-state index in [2.05, 4.69) is 5.32 Å². The fourth-order valence-electron chi connectivity index (χ4n) is 2.76. The van der Waals surface area contributed by atoms with E-state index in [9.17, 15) is 13.2 Å². The van der Waals surface area contributed by atoms with E-state index in [1.54, 1.807) is 0 Å². The van der Waals surface area contributed by atoms with Crippen molar-refractivity contribution in [1.82, 2.24) is 5.32 Å². The Kier molecular flexibility index (Phi) is 6.59. The minimum absolute atomic E-state index is 0.120. The zero-order valence-corrected chi connectivity index (χ0v) is 16.6. The highest BCUT2D eigenvalue weighted by molar-refractivity contribution is 7.92. The highest BCUT2D eigenvalue weighted by atomic mass is 32.2. The van der Waals surface area contributed by atoms with Gasteiger partial charge in [-0.2, -0.15) is 0 Å². The molecule has 0 saturated carbocycles. The fourth-order valence-corrected chi connectivity index (χ4v) is 4.16. The van der Waals surface area contributed by atoms with Crippen LogP contribution in [0, 0.1) is 13.8 Å². The molecule has 2 rings (SSSR count). The van der Waals surface area contributed by atoms with E-state index in [1.165, 1.54) is 6.92 Å². The molecule has 5 heteroatoms. The van der Waals surface area contributed by atoms with Crippen LogP contribution in [0.5, 0.6) is 0 Å². The van der Waals surface area contributed by atoms with Gasteiger partial charge in [0.05, 0.1) is 5.75 Å². The molecule has 0 fully saturated rings. The average molecular weight is 374 g/mol. The standard InChI is InChI=1S/C21H27NO3S/c1-15-10-11-16(2)20(12-15)14-26(24,25)18(4)21(23)22-13-17(3)19-8-6-5-7-9-19/h5-12,17-18H,13-14H2,1-4H3,(H,22,23). The summed E-state index contributed by atoms with van der Waals surface area (Å²) in [5.74, 6) is -0.448. The molecule has 2 aromatic rings. The van der Waals surface area contributed by atoms with E-state index < -0.39 is 21.0 Å². The second-order valence-corrected chi connectivity index (χ2v) is 9.26. The van der Waals surface area contributed by atoms with Crippen molar-refractivity contribution in [3.05, 3.63) is 70.8 Å². The van der Waals surface area contributed by atoms with Gasteiger partial charge in [0.25, 0.3) is 0 Å². The highest BCUT2D eigenvalue weighted by Gasteiger charge is 2.28. The summed E-state index contributed by atoms with van der Waals surface area (Å²) in [6.45, 7) is 7.69. The van der Waals surface area contributed by atoms with E-state index in [1.807, 2.05) is 69.3 Å². The van der Waals surface area contributed by atoms with Gasteiger partial charge in [0.2, 0.25) is 5.91 Å². The summed E-state index contributed by atoms with van der Waals surface area (Å²) in [6, 6.07) is 15.6. The topological polar surface area (TPSA) is 63.2 Å². The van der Waals surface area contributed by atoms with Gasteiger partial charge in [-0.1, -0.05) is 61.0 Å². The molecule has 0 aliphatic carbocycles. The lowest BCUT2D eigenvalue weighted by molar-refractivity contribution is -0.120. The minimum Gasteiger partial charge on any atom is -0.354 e. The van der Waals surface area contributed by atoms with Crippen LogP contribution in [0.2, 0.25) is 0 Å². The van der Waals surface area contributed by atoms with Crippen LogP contribution in [-0.4, -0.2) is 26.1 Å². The normalized spacial score (nSPS) is 13.8. The zero-order chi connectivity index (χ0) is 19.3. The Morgan fingerprint density at radius 3 is 2.35 bits per heavy atom. The van der Waals surface area contributed by atoms with Crippen LogP contribution < -0.4 is 5.32 Å². The number of nitrogens with one attached hydrogen (secondary N) is 1. The maximum atomic E-state index is 12.7. The Balaban J connectivity index is 2.01. The molecule has 0 aliphatic heterocycles. The Bertz CT molecular complexity index is 860. The lowest BCUT2D eigenvalue weighted by Gasteiger charge is -2.17. The number of amides is 1. The van der Waals surface area contributed by atoms with Crippen molar-refractivity contribution in [2.45, 2.75) is 44.6 Å². The molecule has 2 aromatic carbocycles. The molecule has 0 heterocycles. The largest absolute Gasteiger partial charge is 0.354 e. The first-order valence-electron chi connectivity index (χ1n) is 8.81. The number of hydrogen-bond donors (Lipinski definition) is 1. The molecule has 2 unspecified atom stereocenters. The third-order valence-electron chi connectivity index (χ3n) is 4.72. The van der Waals surface area contributed by atoms with Crippen molar-refractivity contribution < 1.29 is 13.2 Å². The van der Waals surface area contributed by atoms with Gasteiger partial charge in [-0.25, -0.2) is 8.42 Å². The number of carbonyl (C=O) groups excluding carboxylic acids is 1. The van der Waals surface area contributed by atoms with E-state index in [4.69, 9.17) is 0 Å². The van der Waals surface area contributed by atoms with Crippen LogP contribution >= 0.6 is 0 Å². The van der Waals surface area contributed by atoms with Gasteiger partial charge in [-0.05, 0) is 43.4 Å². The molecule has 1 N–H and O–H groups in total. The summed E-state index contributed by atoms with van der Waals surface area (Å²) < 4.78 is 25.3. The SMILES string of the molecule is Cc1ccc(C)c(CS(=O)(=O)C(C)C(=O)NCC(C)c2ccccc2)c1. The smallest absolute Gasteiger partial charge is 0.238 e. The van der Waals surface area contributed by atoms with Crippen molar-refractivity contribution in [2.75, 3.05) is 6.54 Å². The third kappa shape index (κ3) is 5.18. The van der Waals surface area contributed by atoms with Gasteiger partial charge in [0.15, 0.2) is 9.84 Å². The number of hydrogen-bond acceptors (Lipinski definition) is 3. The van der Waals surface area contributed by atoms with Crippen LogP contribution in [-0.2, 0) is 20.4 Å². The molecule has 0 spiro atoms. The van der Waals surface area contributed by atoms with Gasteiger partial charge >= 0.3 is 0 Å². The number of rotatable bonds is 7. The molecule has 0 saturated heterocycles. The van der Waals surface area contributed by atoms with Crippen LogP contribution in [0.25, 0.3) is 0 Å². The summed E-state index contributed by atoms with van der Waals surface area (Å²) >= 11 is 0. The molecule has 0 aromatic heterocycles. The molecule has 26 heavy (non-hydrogen) atoms. The molecule has 140 valence electrons. The maximum absolute atomic E-state index is 12.7. The Morgan fingerprint density at radius 2 is 1.69 bits per heavy atom. The number of aryl methyl sites for hydroxylation is 2. The second-order valence-electron chi connectivity index (χ2n) is 6.94. The zero-order valence-electron chi connectivity index (χ0n) is 15.8. The summed E-state index contributed by atoms with van der Waals surface area (Å²) in [4.78, 5) is 12.4. The minimum atomic E-state index is -3.58. The van der Waals surface area contributed by atoms with Crippen molar-refractivity contribution in [1.29, 1.82) is 0 Å². The van der Waals surface area contributed by atoms with Crippen molar-refractivity contribution in [3.63, 3.8) is 0 Å². The number of sulfone groups is 1. The Morgan fingerprint density at radius 1 is 1.04 bits per heavy atom. The van der Waals surface area contributed by atoms with Gasteiger partial charge < -0.3 is 5.32 Å². The number of carbonyl (C=O) groups is 1. The van der Waals surface area contributed by atoms with Crippen molar-refractivity contribution >= 4 is 15.7 Å². The fraction of sp³-hybridized carbons (Fsp3) is 0.381. The summed E-state index contributed by atoms with van der Waals surface area (Å²) in [6.07, 6.45) is 0. The lowest BCUT2D eigenvalue weighted by atomic mass is 10.0. The van der Waals surface area contributed by atoms with Crippen molar-refractivity contribution in [2.24, 2.45) is 0 Å². The number of benzene rings is 2. The van der Waals surface area contributed by atoms with Gasteiger partial charge in [-0.3, -0.25) is 4.79 Å². The average Bonchev–Trinajstić information content (AvgIpc) is 2.62. The van der Waals surface area contributed by atoms with Gasteiger partial charge in [0, 0.05) is 6.54 Å². The molecule has 0 aliphatic rings. The van der Waals surface area contributed by atoms with Crippen LogP contribution in [0.3, 0.4) is 0 Å². The maximum Gasteiger partial charge on any atom is 0.238 e. The van der Waals surface area contributed by atoms with E-state index in [0.717, 1.165) is 22.3 Å². The molecule has 0 radical (unpaired) electrons. The van der Waals surface area contributed by atoms with Crippen molar-refractivity contribution in [3.8, 4) is 0 Å². The lowest BCUT2D eigenvalue weighted by Crippen LogP contribution is -2.40. The first kappa shape index (κ1) is 20.2. The Hall–Kier alpha value is -2.14. The predicted molar refractivity (Wildman–Crippen MR) is 106 cm³/mol. The molecule has 2 atom stereocenters. The predicted octanol–water partition coefficient (Wildman–Crippen LogP) is 3.53. The highest BCUT2D eigenvalue weighted by Crippen LogP contribution is 2.18. The summed E-state index contributed by atoms with van der Waals surface area (Å²) in [7, 11) is -3.58. The van der Waals surface area contributed by atoms with Crippen LogP contribution in [0.15, 0.2) is 48.5 Å². The summed E-state index contributed by atoms with van der Waals surface area (Å²) in [5.41, 5.74) is 3.79. The van der Waals surface area contributed by atoms with Gasteiger partial charge in [0.1, 0.15) is 5.25 Å². The van der Waals surface area contributed by atoms with Gasteiger partial charge in [-0.15, -0.1) is 0 Å². The van der Waals surface area contributed by atoms with Crippen LogP contribution in [0.1, 0.15) is 42.0 Å². The first-order valence-corrected chi connectivity index (χ1v) is 10.5. The molecule has 4 nitrogen and oxygen atoms in total. The monoisotopic (exact) mass is 373 g/mol. The molecular weight excluding hydrogens is 346 g/mol. The Labute approximate surface area is 156 Å². The first-order chi connectivity index (χ1) is 12.2. The molecular formula is C21H27NO3S.